The maximum atomic E-state index is 3.69. The molecule has 2 saturated carbocycles. The second-order valence-electron chi connectivity index (χ2n) is 4.71. The summed E-state index contributed by atoms with van der Waals surface area (Å²) in [4.78, 5) is 0. The molecule has 1 N–H and O–H groups in total. The summed E-state index contributed by atoms with van der Waals surface area (Å²) in [5.41, 5.74) is 1.41. The Morgan fingerprint density at radius 1 is 1.14 bits per heavy atom. The van der Waals surface area contributed by atoms with Crippen molar-refractivity contribution >= 4 is 0 Å². The van der Waals surface area contributed by atoms with Crippen LogP contribution in [0.4, 0.5) is 0 Å². The van der Waals surface area contributed by atoms with Crippen molar-refractivity contribution in [3.8, 4) is 0 Å². The summed E-state index contributed by atoms with van der Waals surface area (Å²) in [5.74, 6) is 2.11. The fourth-order valence-corrected chi connectivity index (χ4v) is 2.80. The molecule has 0 aromatic heterocycles. The van der Waals surface area contributed by atoms with E-state index in [9.17, 15) is 0 Å². The lowest BCUT2D eigenvalue weighted by atomic mass is 10.1. The van der Waals surface area contributed by atoms with E-state index >= 15 is 0 Å². The maximum Gasteiger partial charge on any atom is 0.0208 e. The molecular formula is C13H17N. The van der Waals surface area contributed by atoms with E-state index in [1.54, 1.807) is 0 Å². The Morgan fingerprint density at radius 2 is 2.00 bits per heavy atom. The lowest BCUT2D eigenvalue weighted by Crippen LogP contribution is -2.28. The zero-order chi connectivity index (χ0) is 9.38. The topological polar surface area (TPSA) is 12.0 Å². The fraction of sp³-hybridized carbons (Fsp3) is 0.538. The molecule has 0 aliphatic heterocycles. The van der Waals surface area contributed by atoms with E-state index in [1.165, 1.54) is 24.8 Å². The van der Waals surface area contributed by atoms with E-state index in [0.717, 1.165) is 24.4 Å². The van der Waals surface area contributed by atoms with Crippen molar-refractivity contribution in [2.45, 2.75) is 31.8 Å². The van der Waals surface area contributed by atoms with Crippen molar-refractivity contribution in [3.05, 3.63) is 35.9 Å². The Bertz CT molecular complexity index is 306. The van der Waals surface area contributed by atoms with Gasteiger partial charge in [0.1, 0.15) is 0 Å². The van der Waals surface area contributed by atoms with Crippen molar-refractivity contribution in [1.29, 1.82) is 0 Å². The largest absolute Gasteiger partial charge is 0.310 e. The third-order valence-electron chi connectivity index (χ3n) is 3.75. The minimum Gasteiger partial charge on any atom is -0.310 e. The number of fused-ring (bicyclic) bond motifs is 1. The first kappa shape index (κ1) is 8.49. The van der Waals surface area contributed by atoms with Crippen molar-refractivity contribution in [2.24, 2.45) is 11.8 Å². The van der Waals surface area contributed by atoms with Gasteiger partial charge in [0.05, 0.1) is 0 Å². The minimum atomic E-state index is 0.820. The zero-order valence-corrected chi connectivity index (χ0v) is 8.45. The van der Waals surface area contributed by atoms with Crippen LogP contribution >= 0.6 is 0 Å². The van der Waals surface area contributed by atoms with Gasteiger partial charge in [0.15, 0.2) is 0 Å². The molecule has 0 bridgehead atoms. The third kappa shape index (κ3) is 1.57. The van der Waals surface area contributed by atoms with E-state index < -0.39 is 0 Å². The second-order valence-corrected chi connectivity index (χ2v) is 4.71. The van der Waals surface area contributed by atoms with Gasteiger partial charge in [0, 0.05) is 12.6 Å². The van der Waals surface area contributed by atoms with Crippen LogP contribution in [0.1, 0.15) is 24.8 Å². The monoisotopic (exact) mass is 187 g/mol. The molecule has 1 aromatic rings. The SMILES string of the molecule is c1ccc(CNC2CC[C@H]3C[C@@H]23)cc1. The van der Waals surface area contributed by atoms with Crippen molar-refractivity contribution < 1.29 is 0 Å². The smallest absolute Gasteiger partial charge is 0.0208 e. The molecule has 1 heteroatoms. The van der Waals surface area contributed by atoms with Gasteiger partial charge in [-0.1, -0.05) is 30.3 Å². The van der Waals surface area contributed by atoms with Gasteiger partial charge in [-0.2, -0.15) is 0 Å². The standard InChI is InChI=1S/C13H17N/c1-2-4-10(5-3-1)9-14-13-7-6-11-8-12(11)13/h1-5,11-14H,6-9H2/t11-,12+,13?/m0/s1. The molecular weight excluding hydrogens is 170 g/mol. The van der Waals surface area contributed by atoms with E-state index in [0.29, 0.717) is 0 Å². The number of rotatable bonds is 3. The first-order valence-corrected chi connectivity index (χ1v) is 5.71. The van der Waals surface area contributed by atoms with Crippen molar-refractivity contribution in [1.82, 2.24) is 5.32 Å². The number of benzene rings is 1. The van der Waals surface area contributed by atoms with Crippen LogP contribution < -0.4 is 5.32 Å². The number of hydrogen-bond donors (Lipinski definition) is 1. The maximum absolute atomic E-state index is 3.69. The van der Waals surface area contributed by atoms with Crippen molar-refractivity contribution in [2.75, 3.05) is 0 Å². The van der Waals surface area contributed by atoms with Gasteiger partial charge in [-0.25, -0.2) is 0 Å². The van der Waals surface area contributed by atoms with Gasteiger partial charge < -0.3 is 5.32 Å². The van der Waals surface area contributed by atoms with E-state index in [1.807, 2.05) is 0 Å². The Balaban J connectivity index is 1.54. The highest BCUT2D eigenvalue weighted by Crippen LogP contribution is 2.51. The van der Waals surface area contributed by atoms with Crippen LogP contribution in [0.2, 0.25) is 0 Å². The summed E-state index contributed by atoms with van der Waals surface area (Å²) in [6.45, 7) is 1.05. The highest BCUT2D eigenvalue weighted by molar-refractivity contribution is 5.14. The summed E-state index contributed by atoms with van der Waals surface area (Å²) in [7, 11) is 0. The summed E-state index contributed by atoms with van der Waals surface area (Å²) in [5, 5.41) is 3.69. The molecule has 1 nitrogen and oxygen atoms in total. The summed E-state index contributed by atoms with van der Waals surface area (Å²) in [6, 6.07) is 11.5. The van der Waals surface area contributed by atoms with Crippen LogP contribution in [0, 0.1) is 11.8 Å². The highest BCUT2D eigenvalue weighted by atomic mass is 14.9. The van der Waals surface area contributed by atoms with Gasteiger partial charge in [-0.15, -0.1) is 0 Å². The molecule has 2 aliphatic carbocycles. The lowest BCUT2D eigenvalue weighted by molar-refractivity contribution is 0.474. The predicted molar refractivity (Wildman–Crippen MR) is 57.9 cm³/mol. The molecule has 2 fully saturated rings. The van der Waals surface area contributed by atoms with Crippen LogP contribution in [-0.2, 0) is 6.54 Å². The van der Waals surface area contributed by atoms with Gasteiger partial charge in [0.2, 0.25) is 0 Å². The molecule has 2 aliphatic rings. The molecule has 0 radical (unpaired) electrons. The van der Waals surface area contributed by atoms with E-state index in [4.69, 9.17) is 0 Å². The molecule has 0 saturated heterocycles. The van der Waals surface area contributed by atoms with Crippen LogP contribution in [0.25, 0.3) is 0 Å². The Kier molecular flexibility index (Phi) is 2.06. The first-order chi connectivity index (χ1) is 6.93. The Morgan fingerprint density at radius 3 is 2.64 bits per heavy atom. The van der Waals surface area contributed by atoms with Gasteiger partial charge >= 0.3 is 0 Å². The second kappa shape index (κ2) is 3.39. The number of nitrogens with one attached hydrogen (secondary N) is 1. The molecule has 14 heavy (non-hydrogen) atoms. The van der Waals surface area contributed by atoms with Crippen LogP contribution in [0.5, 0.6) is 0 Å². The predicted octanol–water partition coefficient (Wildman–Crippen LogP) is 2.57. The first-order valence-electron chi connectivity index (χ1n) is 5.71. The van der Waals surface area contributed by atoms with Crippen molar-refractivity contribution in [3.63, 3.8) is 0 Å². The lowest BCUT2D eigenvalue weighted by Gasteiger charge is -2.13. The fourth-order valence-electron chi connectivity index (χ4n) is 2.80. The average Bonchev–Trinajstić information content (AvgIpc) is 2.92. The average molecular weight is 187 g/mol. The van der Waals surface area contributed by atoms with Crippen LogP contribution in [0.3, 0.4) is 0 Å². The van der Waals surface area contributed by atoms with E-state index in [-0.39, 0.29) is 0 Å². The molecule has 1 unspecified atom stereocenters. The molecule has 0 heterocycles. The molecule has 0 spiro atoms. The van der Waals surface area contributed by atoms with E-state index in [2.05, 4.69) is 35.6 Å². The normalized spacial score (nSPS) is 34.1. The Hall–Kier alpha value is -0.820. The Labute approximate surface area is 85.5 Å². The summed E-state index contributed by atoms with van der Waals surface area (Å²) < 4.78 is 0. The van der Waals surface area contributed by atoms with Crippen LogP contribution in [0.15, 0.2) is 30.3 Å². The number of hydrogen-bond acceptors (Lipinski definition) is 1. The van der Waals surface area contributed by atoms with Crippen LogP contribution in [-0.4, -0.2) is 6.04 Å². The minimum absolute atomic E-state index is 0.820. The van der Waals surface area contributed by atoms with Gasteiger partial charge in [0.25, 0.3) is 0 Å². The molecule has 1 aromatic carbocycles. The third-order valence-corrected chi connectivity index (χ3v) is 3.75. The molecule has 74 valence electrons. The molecule has 3 rings (SSSR count). The van der Waals surface area contributed by atoms with Gasteiger partial charge in [-0.3, -0.25) is 0 Å². The van der Waals surface area contributed by atoms with Gasteiger partial charge in [-0.05, 0) is 36.7 Å². The highest BCUT2D eigenvalue weighted by Gasteiger charge is 2.47. The quantitative estimate of drug-likeness (QED) is 0.767. The summed E-state index contributed by atoms with van der Waals surface area (Å²) in [6.07, 6.45) is 4.37. The zero-order valence-electron chi connectivity index (χ0n) is 8.45. The molecule has 0 amide bonds. The summed E-state index contributed by atoms with van der Waals surface area (Å²) >= 11 is 0. The molecule has 3 atom stereocenters.